The fraction of sp³-hybridized carbons (Fsp3) is 0.304. The normalized spacial score (nSPS) is 11.9. The highest BCUT2D eigenvalue weighted by Crippen LogP contribution is 2.33. The molecule has 0 saturated carbocycles. The molecule has 0 bridgehead atoms. The molecule has 1 unspecified atom stereocenters. The molecule has 1 atom stereocenters. The largest absolute Gasteiger partial charge is 0.494 e. The number of aliphatic hydroxyl groups is 1. The van der Waals surface area contributed by atoms with Crippen molar-refractivity contribution in [2.24, 2.45) is 0 Å². The molecule has 0 spiro atoms. The van der Waals surface area contributed by atoms with E-state index < -0.39 is 5.44 Å². The van der Waals surface area contributed by atoms with Crippen LogP contribution in [0.5, 0.6) is 5.75 Å². The van der Waals surface area contributed by atoms with Gasteiger partial charge in [0.05, 0.1) is 18.2 Å². The van der Waals surface area contributed by atoms with Crippen molar-refractivity contribution in [3.8, 4) is 11.8 Å². The van der Waals surface area contributed by atoms with E-state index in [-0.39, 0.29) is 5.12 Å². The highest BCUT2D eigenvalue weighted by Gasteiger charge is 2.17. The number of benzene rings is 2. The molecular weight excluding hydrogens is 384 g/mol. The lowest BCUT2D eigenvalue weighted by atomic mass is 10.2. The summed E-state index contributed by atoms with van der Waals surface area (Å²) in [6, 6.07) is 17.2. The molecule has 0 aliphatic heterocycles. The van der Waals surface area contributed by atoms with Crippen molar-refractivity contribution >= 4 is 27.8 Å². The molecule has 1 heterocycles. The van der Waals surface area contributed by atoms with Crippen molar-refractivity contribution in [3.63, 3.8) is 0 Å². The van der Waals surface area contributed by atoms with Crippen molar-refractivity contribution < 1.29 is 14.6 Å². The van der Waals surface area contributed by atoms with Gasteiger partial charge in [-0.1, -0.05) is 30.0 Å². The molecule has 29 heavy (non-hydrogen) atoms. The van der Waals surface area contributed by atoms with E-state index in [0.29, 0.717) is 12.2 Å². The first-order valence-corrected chi connectivity index (χ1v) is 10.5. The Morgan fingerprint density at radius 2 is 1.93 bits per heavy atom. The van der Waals surface area contributed by atoms with E-state index in [9.17, 15) is 9.90 Å². The highest BCUT2D eigenvalue weighted by molar-refractivity contribution is 8.13. The molecular formula is C23H24N2O3S. The zero-order chi connectivity index (χ0) is 20.6. The summed E-state index contributed by atoms with van der Waals surface area (Å²) in [4.78, 5) is 11.3. The predicted molar refractivity (Wildman–Crippen MR) is 116 cm³/mol. The van der Waals surface area contributed by atoms with Gasteiger partial charge in [0, 0.05) is 36.1 Å². The number of ether oxygens (including phenoxy) is 1. The number of hydrogen-bond acceptors (Lipinski definition) is 5. The van der Waals surface area contributed by atoms with Gasteiger partial charge >= 0.3 is 0 Å². The van der Waals surface area contributed by atoms with Crippen LogP contribution in [0.25, 0.3) is 10.9 Å². The van der Waals surface area contributed by atoms with Gasteiger partial charge in [0.1, 0.15) is 11.2 Å². The van der Waals surface area contributed by atoms with Gasteiger partial charge in [-0.2, -0.15) is 5.26 Å². The first-order valence-electron chi connectivity index (χ1n) is 9.64. The number of rotatable bonds is 9. The Hall–Kier alpha value is -2.75. The van der Waals surface area contributed by atoms with E-state index in [2.05, 4.69) is 10.6 Å². The van der Waals surface area contributed by atoms with E-state index in [1.807, 2.05) is 42.6 Å². The minimum absolute atomic E-state index is 0.100. The molecule has 0 aliphatic rings. The first kappa shape index (κ1) is 21.0. The first-order chi connectivity index (χ1) is 14.1. The van der Waals surface area contributed by atoms with Crippen molar-refractivity contribution in [3.05, 3.63) is 65.9 Å². The minimum Gasteiger partial charge on any atom is -0.494 e. The molecule has 3 rings (SSSR count). The molecule has 5 nitrogen and oxygen atoms in total. The molecule has 6 heteroatoms. The van der Waals surface area contributed by atoms with Crippen molar-refractivity contribution in [1.29, 1.82) is 5.26 Å². The van der Waals surface area contributed by atoms with Gasteiger partial charge < -0.3 is 14.4 Å². The van der Waals surface area contributed by atoms with Crippen LogP contribution in [0.4, 0.5) is 0 Å². The standard InChI is InChI=1S/C23H24N2O3S/c1-17(26)29-23(27)21-16-25(22-8-4-3-7-20(21)22)13-5-2-6-14-28-19-11-9-18(15-24)10-12-19/h3-4,7-12,16,23,27H,2,5-6,13-14H2,1H3. The van der Waals surface area contributed by atoms with Crippen molar-refractivity contribution in [1.82, 2.24) is 4.57 Å². The average Bonchev–Trinajstić information content (AvgIpc) is 3.09. The van der Waals surface area contributed by atoms with E-state index in [1.54, 1.807) is 12.1 Å². The topological polar surface area (TPSA) is 75.2 Å². The molecule has 0 radical (unpaired) electrons. The molecule has 2 aromatic carbocycles. The van der Waals surface area contributed by atoms with Gasteiger partial charge in [-0.05, 0) is 49.6 Å². The number of carbonyl (C=O) groups is 1. The van der Waals surface area contributed by atoms with Crippen LogP contribution in [0.15, 0.2) is 54.7 Å². The van der Waals surface area contributed by atoms with Crippen LogP contribution in [0.3, 0.4) is 0 Å². The van der Waals surface area contributed by atoms with Gasteiger partial charge in [0.15, 0.2) is 5.12 Å². The fourth-order valence-corrected chi connectivity index (χ4v) is 3.88. The van der Waals surface area contributed by atoms with E-state index in [0.717, 1.165) is 59.8 Å². The van der Waals surface area contributed by atoms with E-state index in [4.69, 9.17) is 10.00 Å². The van der Waals surface area contributed by atoms with Crippen LogP contribution >= 0.6 is 11.8 Å². The number of nitriles is 1. The summed E-state index contributed by atoms with van der Waals surface area (Å²) in [6.07, 6.45) is 4.90. The number of nitrogens with zero attached hydrogens (tertiary/aromatic N) is 2. The molecule has 0 fully saturated rings. The summed E-state index contributed by atoms with van der Waals surface area (Å²) in [6.45, 7) is 2.94. The van der Waals surface area contributed by atoms with Gasteiger partial charge in [-0.25, -0.2) is 0 Å². The lowest BCUT2D eigenvalue weighted by Crippen LogP contribution is -2.00. The van der Waals surface area contributed by atoms with E-state index in [1.165, 1.54) is 6.92 Å². The summed E-state index contributed by atoms with van der Waals surface area (Å²) in [5, 5.41) is 20.1. The maximum absolute atomic E-state index is 11.3. The summed E-state index contributed by atoms with van der Waals surface area (Å²) < 4.78 is 7.87. The van der Waals surface area contributed by atoms with Gasteiger partial charge in [0.25, 0.3) is 0 Å². The Labute approximate surface area is 174 Å². The molecule has 1 N–H and O–H groups in total. The summed E-state index contributed by atoms with van der Waals surface area (Å²) in [5.41, 5.74) is 1.63. The lowest BCUT2D eigenvalue weighted by Gasteiger charge is -2.07. The van der Waals surface area contributed by atoms with Crippen LogP contribution in [0, 0.1) is 11.3 Å². The third-order valence-corrected chi connectivity index (χ3v) is 5.47. The second-order valence-electron chi connectivity index (χ2n) is 6.80. The molecule has 0 saturated heterocycles. The predicted octanol–water partition coefficient (Wildman–Crippen LogP) is 5.03. The van der Waals surface area contributed by atoms with Gasteiger partial charge in [-0.15, -0.1) is 0 Å². The third-order valence-electron chi connectivity index (χ3n) is 4.66. The van der Waals surface area contributed by atoms with Crippen LogP contribution in [-0.2, 0) is 11.3 Å². The number of fused-ring (bicyclic) bond motifs is 1. The molecule has 1 aromatic heterocycles. The number of thioether (sulfide) groups is 1. The smallest absolute Gasteiger partial charge is 0.188 e. The quantitative estimate of drug-likeness (QED) is 0.397. The zero-order valence-corrected chi connectivity index (χ0v) is 17.2. The summed E-state index contributed by atoms with van der Waals surface area (Å²) in [7, 11) is 0. The number of carbonyl (C=O) groups excluding carboxylic acids is 1. The molecule has 0 amide bonds. The molecule has 150 valence electrons. The number of aliphatic hydroxyl groups excluding tert-OH is 1. The Kier molecular flexibility index (Phi) is 7.34. The summed E-state index contributed by atoms with van der Waals surface area (Å²) >= 11 is 0.940. The second-order valence-corrected chi connectivity index (χ2v) is 8.06. The van der Waals surface area contributed by atoms with E-state index >= 15 is 0 Å². The van der Waals surface area contributed by atoms with Crippen LogP contribution in [0.1, 0.15) is 42.7 Å². The zero-order valence-electron chi connectivity index (χ0n) is 16.4. The van der Waals surface area contributed by atoms with Crippen molar-refractivity contribution in [2.45, 2.75) is 38.2 Å². The number of aryl methyl sites for hydroxylation is 1. The number of aromatic nitrogens is 1. The third kappa shape index (κ3) is 5.63. The maximum Gasteiger partial charge on any atom is 0.188 e. The Morgan fingerprint density at radius 3 is 2.66 bits per heavy atom. The van der Waals surface area contributed by atoms with Gasteiger partial charge in [0.2, 0.25) is 0 Å². The average molecular weight is 409 g/mol. The SMILES string of the molecule is CC(=O)SC(O)c1cn(CCCCCOc2ccc(C#N)cc2)c2ccccc12. The monoisotopic (exact) mass is 408 g/mol. The second kappa shape index (κ2) is 10.1. The van der Waals surface area contributed by atoms with Crippen LogP contribution < -0.4 is 4.74 Å². The molecule has 0 aliphatic carbocycles. The number of para-hydroxylation sites is 1. The Bertz CT molecular complexity index is 1010. The minimum atomic E-state index is -0.848. The number of unbranched alkanes of at least 4 members (excludes halogenated alkanes) is 2. The fourth-order valence-electron chi connectivity index (χ4n) is 3.25. The Balaban J connectivity index is 1.51. The Morgan fingerprint density at radius 1 is 1.17 bits per heavy atom. The van der Waals surface area contributed by atoms with Crippen LogP contribution in [0.2, 0.25) is 0 Å². The maximum atomic E-state index is 11.3. The van der Waals surface area contributed by atoms with Crippen LogP contribution in [-0.4, -0.2) is 21.4 Å². The van der Waals surface area contributed by atoms with Gasteiger partial charge in [-0.3, -0.25) is 4.79 Å². The lowest BCUT2D eigenvalue weighted by molar-refractivity contribution is -0.109. The van der Waals surface area contributed by atoms with Crippen molar-refractivity contribution in [2.75, 3.05) is 6.61 Å². The highest BCUT2D eigenvalue weighted by atomic mass is 32.2. The molecule has 3 aromatic rings. The summed E-state index contributed by atoms with van der Waals surface area (Å²) in [5.74, 6) is 0.780. The number of hydrogen-bond donors (Lipinski definition) is 1.